The fourth-order valence-electron chi connectivity index (χ4n) is 1.83. The molecule has 1 aromatic carbocycles. The monoisotopic (exact) mass is 356 g/mol. The number of methoxy groups -OCH3 is 1. The molecule has 6 heteroatoms. The summed E-state index contributed by atoms with van der Waals surface area (Å²) in [7, 11) is 5.00. The molecule has 0 saturated heterocycles. The van der Waals surface area contributed by atoms with Gasteiger partial charge in [-0.25, -0.2) is 0 Å². The van der Waals surface area contributed by atoms with Crippen LogP contribution in [0.1, 0.15) is 18.4 Å². The van der Waals surface area contributed by atoms with Crippen molar-refractivity contribution in [2.45, 2.75) is 25.4 Å². The van der Waals surface area contributed by atoms with Gasteiger partial charge in [-0.1, -0.05) is 0 Å². The fraction of sp³-hybridized carbons (Fsp3) is 0.533. The van der Waals surface area contributed by atoms with Crippen molar-refractivity contribution in [1.29, 1.82) is 0 Å². The number of rotatable bonds is 7. The van der Waals surface area contributed by atoms with E-state index in [9.17, 15) is 4.79 Å². The van der Waals surface area contributed by atoms with Crippen molar-refractivity contribution in [2.75, 3.05) is 27.8 Å². The largest absolute Gasteiger partial charge is 0.493 e. The van der Waals surface area contributed by atoms with Gasteiger partial charge in [0.05, 0.1) is 11.6 Å². The number of amides is 1. The molecule has 1 aromatic rings. The number of likely N-dealkylation sites (N-methyl/N-ethyl adjacent to an activating group) is 1. The highest BCUT2D eigenvalue weighted by atomic mass is 79.9. The van der Waals surface area contributed by atoms with Gasteiger partial charge in [0.1, 0.15) is 0 Å². The van der Waals surface area contributed by atoms with Gasteiger partial charge in [-0.05, 0) is 46.5 Å². The number of benzene rings is 1. The number of hydrogen-bond acceptors (Lipinski definition) is 4. The zero-order valence-corrected chi connectivity index (χ0v) is 14.2. The predicted molar refractivity (Wildman–Crippen MR) is 84.7 cm³/mol. The second-order valence-corrected chi connectivity index (χ2v) is 6.20. The van der Waals surface area contributed by atoms with E-state index in [4.69, 9.17) is 9.47 Å². The van der Waals surface area contributed by atoms with Crippen LogP contribution in [0.15, 0.2) is 16.6 Å². The molecule has 0 atom stereocenters. The van der Waals surface area contributed by atoms with Crippen LogP contribution in [-0.2, 0) is 11.3 Å². The molecule has 1 amide bonds. The molecule has 0 spiro atoms. The third-order valence-electron chi connectivity index (χ3n) is 3.30. The number of nitrogens with one attached hydrogen (secondary N) is 1. The Hall–Kier alpha value is -1.27. The lowest BCUT2D eigenvalue weighted by Crippen LogP contribution is -2.27. The number of nitrogens with zero attached hydrogens (tertiary/aromatic N) is 1. The Morgan fingerprint density at radius 3 is 2.71 bits per heavy atom. The summed E-state index contributed by atoms with van der Waals surface area (Å²) in [5.74, 6) is 1.09. The summed E-state index contributed by atoms with van der Waals surface area (Å²) < 4.78 is 11.8. The van der Waals surface area contributed by atoms with E-state index in [1.54, 1.807) is 21.2 Å². The van der Waals surface area contributed by atoms with E-state index in [0.717, 1.165) is 16.6 Å². The van der Waals surface area contributed by atoms with E-state index in [1.807, 2.05) is 12.1 Å². The molecule has 0 aromatic heterocycles. The Kier molecular flexibility index (Phi) is 5.47. The van der Waals surface area contributed by atoms with Crippen molar-refractivity contribution >= 4 is 21.8 Å². The molecule has 0 aliphatic heterocycles. The van der Waals surface area contributed by atoms with Gasteiger partial charge in [-0.2, -0.15) is 0 Å². The first-order chi connectivity index (χ1) is 10.0. The molecule has 1 saturated carbocycles. The zero-order chi connectivity index (χ0) is 15.4. The van der Waals surface area contributed by atoms with Gasteiger partial charge in [0, 0.05) is 26.7 Å². The first kappa shape index (κ1) is 16.1. The van der Waals surface area contributed by atoms with E-state index in [0.29, 0.717) is 17.5 Å². The summed E-state index contributed by atoms with van der Waals surface area (Å²) in [6.45, 7) is 0.790. The van der Waals surface area contributed by atoms with E-state index < -0.39 is 0 Å². The van der Waals surface area contributed by atoms with Gasteiger partial charge >= 0.3 is 0 Å². The van der Waals surface area contributed by atoms with E-state index >= 15 is 0 Å². The summed E-state index contributed by atoms with van der Waals surface area (Å²) in [4.78, 5) is 13.1. The SMILES string of the molecule is COc1cc(CNC2CC2)cc(Br)c1OCC(=O)N(C)C. The van der Waals surface area contributed by atoms with Crippen molar-refractivity contribution in [2.24, 2.45) is 0 Å². The smallest absolute Gasteiger partial charge is 0.259 e. The van der Waals surface area contributed by atoms with Gasteiger partial charge in [-0.3, -0.25) is 4.79 Å². The van der Waals surface area contributed by atoms with Gasteiger partial charge < -0.3 is 19.7 Å². The minimum atomic E-state index is -0.0940. The number of carbonyl (C=O) groups excluding carboxylic acids is 1. The Balaban J connectivity index is 2.06. The molecule has 5 nitrogen and oxygen atoms in total. The Morgan fingerprint density at radius 1 is 1.43 bits per heavy atom. The number of halogens is 1. The lowest BCUT2D eigenvalue weighted by atomic mass is 10.2. The summed E-state index contributed by atoms with van der Waals surface area (Å²) in [6.07, 6.45) is 2.51. The van der Waals surface area contributed by atoms with Gasteiger partial charge in [0.15, 0.2) is 18.1 Å². The van der Waals surface area contributed by atoms with Crippen LogP contribution in [0.4, 0.5) is 0 Å². The topological polar surface area (TPSA) is 50.8 Å². The van der Waals surface area contributed by atoms with Crippen LogP contribution in [0.2, 0.25) is 0 Å². The Bertz CT molecular complexity index is 516. The highest BCUT2D eigenvalue weighted by Gasteiger charge is 2.21. The standard InChI is InChI=1S/C15H21BrN2O3/c1-18(2)14(19)9-21-15-12(16)6-10(7-13(15)20-3)8-17-11-4-5-11/h6-7,11,17H,4-5,8-9H2,1-3H3. The molecule has 0 unspecified atom stereocenters. The third kappa shape index (κ3) is 4.61. The van der Waals surface area contributed by atoms with Gasteiger partial charge in [0.25, 0.3) is 5.91 Å². The van der Waals surface area contributed by atoms with Gasteiger partial charge in [0.2, 0.25) is 0 Å². The van der Waals surface area contributed by atoms with Crippen LogP contribution in [0.25, 0.3) is 0 Å². The van der Waals surface area contributed by atoms with Crippen molar-refractivity contribution in [3.8, 4) is 11.5 Å². The predicted octanol–water partition coefficient (Wildman–Crippen LogP) is 2.18. The minimum Gasteiger partial charge on any atom is -0.493 e. The van der Waals surface area contributed by atoms with Crippen LogP contribution in [-0.4, -0.2) is 44.7 Å². The van der Waals surface area contributed by atoms with Crippen molar-refractivity contribution in [3.05, 3.63) is 22.2 Å². The van der Waals surface area contributed by atoms with Crippen LogP contribution >= 0.6 is 15.9 Å². The number of carbonyl (C=O) groups is 1. The van der Waals surface area contributed by atoms with Gasteiger partial charge in [-0.15, -0.1) is 0 Å². The quantitative estimate of drug-likeness (QED) is 0.813. The molecule has 1 fully saturated rings. The maximum absolute atomic E-state index is 11.6. The van der Waals surface area contributed by atoms with Crippen molar-refractivity contribution < 1.29 is 14.3 Å². The summed E-state index contributed by atoms with van der Waals surface area (Å²) in [6, 6.07) is 4.59. The molecule has 1 aliphatic carbocycles. The summed E-state index contributed by atoms with van der Waals surface area (Å²) in [5.41, 5.74) is 1.12. The highest BCUT2D eigenvalue weighted by Crippen LogP contribution is 2.36. The number of hydrogen-bond donors (Lipinski definition) is 1. The second kappa shape index (κ2) is 7.13. The summed E-state index contributed by atoms with van der Waals surface area (Å²) in [5, 5.41) is 3.46. The van der Waals surface area contributed by atoms with E-state index in [1.165, 1.54) is 17.7 Å². The molecule has 1 N–H and O–H groups in total. The molecule has 0 radical (unpaired) electrons. The van der Waals surface area contributed by atoms with Crippen molar-refractivity contribution in [1.82, 2.24) is 10.2 Å². The van der Waals surface area contributed by atoms with Crippen LogP contribution in [0, 0.1) is 0 Å². The van der Waals surface area contributed by atoms with Crippen LogP contribution in [0.5, 0.6) is 11.5 Å². The average Bonchev–Trinajstić information content (AvgIpc) is 3.27. The molecular weight excluding hydrogens is 336 g/mol. The molecule has 2 rings (SSSR count). The molecule has 116 valence electrons. The fourth-order valence-corrected chi connectivity index (χ4v) is 2.43. The minimum absolute atomic E-state index is 0.0123. The zero-order valence-electron chi connectivity index (χ0n) is 12.6. The molecule has 21 heavy (non-hydrogen) atoms. The summed E-state index contributed by atoms with van der Waals surface area (Å²) >= 11 is 3.49. The first-order valence-electron chi connectivity index (χ1n) is 6.94. The van der Waals surface area contributed by atoms with E-state index in [-0.39, 0.29) is 12.5 Å². The lowest BCUT2D eigenvalue weighted by molar-refractivity contribution is -0.130. The normalized spacial score (nSPS) is 13.9. The third-order valence-corrected chi connectivity index (χ3v) is 3.89. The average molecular weight is 357 g/mol. The lowest BCUT2D eigenvalue weighted by Gasteiger charge is -2.16. The number of ether oxygens (including phenoxy) is 2. The highest BCUT2D eigenvalue weighted by molar-refractivity contribution is 9.10. The Morgan fingerprint density at radius 2 is 2.14 bits per heavy atom. The Labute approximate surface area is 133 Å². The maximum atomic E-state index is 11.6. The molecular formula is C15H21BrN2O3. The van der Waals surface area contributed by atoms with Crippen LogP contribution in [0.3, 0.4) is 0 Å². The second-order valence-electron chi connectivity index (χ2n) is 5.34. The van der Waals surface area contributed by atoms with E-state index in [2.05, 4.69) is 21.2 Å². The first-order valence-corrected chi connectivity index (χ1v) is 7.73. The van der Waals surface area contributed by atoms with Crippen molar-refractivity contribution in [3.63, 3.8) is 0 Å². The molecule has 0 bridgehead atoms. The molecule has 1 aliphatic rings. The molecule has 0 heterocycles. The maximum Gasteiger partial charge on any atom is 0.259 e. The van der Waals surface area contributed by atoms with Crippen LogP contribution < -0.4 is 14.8 Å².